The van der Waals surface area contributed by atoms with E-state index in [4.69, 9.17) is 22.9 Å². The third-order valence-corrected chi connectivity index (χ3v) is 3.70. The standard InChI is InChI=1S/C16H27N3S/c1-6-14(7-2)19(10-11(3)4)15-9-13(16(17)20)8-12(5)18-15/h8-9,11,14H,6-7,10H2,1-5H3,(H2,17,20). The molecule has 0 amide bonds. The molecular formula is C16H27N3S. The number of aromatic nitrogens is 1. The first kappa shape index (κ1) is 16.9. The molecule has 0 bridgehead atoms. The molecule has 0 atom stereocenters. The number of thiocarbonyl (C=S) groups is 1. The lowest BCUT2D eigenvalue weighted by Gasteiger charge is -2.33. The third kappa shape index (κ3) is 4.44. The van der Waals surface area contributed by atoms with E-state index in [-0.39, 0.29) is 0 Å². The first-order valence-corrected chi connectivity index (χ1v) is 7.84. The highest BCUT2D eigenvalue weighted by Gasteiger charge is 2.19. The van der Waals surface area contributed by atoms with E-state index >= 15 is 0 Å². The van der Waals surface area contributed by atoms with Crippen LogP contribution in [0.3, 0.4) is 0 Å². The number of nitrogens with zero attached hydrogens (tertiary/aromatic N) is 2. The van der Waals surface area contributed by atoms with Crippen molar-refractivity contribution >= 4 is 23.0 Å². The molecule has 3 nitrogen and oxygen atoms in total. The van der Waals surface area contributed by atoms with Crippen LogP contribution in [0.15, 0.2) is 12.1 Å². The largest absolute Gasteiger partial charge is 0.389 e. The van der Waals surface area contributed by atoms with Gasteiger partial charge in [0.25, 0.3) is 0 Å². The van der Waals surface area contributed by atoms with Gasteiger partial charge in [0.1, 0.15) is 10.8 Å². The summed E-state index contributed by atoms with van der Waals surface area (Å²) in [6.45, 7) is 11.9. The van der Waals surface area contributed by atoms with E-state index in [0.717, 1.165) is 36.5 Å². The second-order valence-corrected chi connectivity index (χ2v) is 6.18. The maximum Gasteiger partial charge on any atom is 0.129 e. The van der Waals surface area contributed by atoms with Gasteiger partial charge in [-0.1, -0.05) is 39.9 Å². The monoisotopic (exact) mass is 293 g/mol. The predicted molar refractivity (Wildman–Crippen MR) is 91.4 cm³/mol. The highest BCUT2D eigenvalue weighted by Crippen LogP contribution is 2.22. The van der Waals surface area contributed by atoms with Crippen molar-refractivity contribution in [1.82, 2.24) is 4.98 Å². The van der Waals surface area contributed by atoms with Gasteiger partial charge in [-0.3, -0.25) is 0 Å². The summed E-state index contributed by atoms with van der Waals surface area (Å²) in [5.41, 5.74) is 7.65. The van der Waals surface area contributed by atoms with Crippen LogP contribution in [0.1, 0.15) is 51.8 Å². The van der Waals surface area contributed by atoms with Gasteiger partial charge in [0.05, 0.1) is 0 Å². The average Bonchev–Trinajstić information content (AvgIpc) is 2.37. The molecule has 0 saturated heterocycles. The summed E-state index contributed by atoms with van der Waals surface area (Å²) in [5.74, 6) is 1.58. The van der Waals surface area contributed by atoms with E-state index < -0.39 is 0 Å². The zero-order valence-corrected chi connectivity index (χ0v) is 14.1. The van der Waals surface area contributed by atoms with Crippen LogP contribution < -0.4 is 10.6 Å². The molecule has 0 unspecified atom stereocenters. The summed E-state index contributed by atoms with van der Waals surface area (Å²) in [6.07, 6.45) is 2.22. The van der Waals surface area contributed by atoms with E-state index in [1.54, 1.807) is 0 Å². The van der Waals surface area contributed by atoms with E-state index in [1.165, 1.54) is 0 Å². The van der Waals surface area contributed by atoms with Crippen molar-refractivity contribution in [2.75, 3.05) is 11.4 Å². The molecule has 0 aliphatic carbocycles. The molecule has 112 valence electrons. The van der Waals surface area contributed by atoms with Gasteiger partial charge in [-0.15, -0.1) is 0 Å². The fourth-order valence-electron chi connectivity index (χ4n) is 2.49. The van der Waals surface area contributed by atoms with Gasteiger partial charge in [0.2, 0.25) is 0 Å². The fourth-order valence-corrected chi connectivity index (χ4v) is 2.61. The van der Waals surface area contributed by atoms with E-state index in [9.17, 15) is 0 Å². The number of aryl methyl sites for hydroxylation is 1. The van der Waals surface area contributed by atoms with Gasteiger partial charge in [-0.05, 0) is 37.8 Å². The summed E-state index contributed by atoms with van der Waals surface area (Å²) in [7, 11) is 0. The van der Waals surface area contributed by atoms with E-state index in [2.05, 4.69) is 32.6 Å². The van der Waals surface area contributed by atoms with Crippen LogP contribution in [-0.4, -0.2) is 22.6 Å². The van der Waals surface area contributed by atoms with Crippen LogP contribution in [0, 0.1) is 12.8 Å². The minimum Gasteiger partial charge on any atom is -0.389 e. The molecule has 1 heterocycles. The lowest BCUT2D eigenvalue weighted by atomic mass is 10.1. The Morgan fingerprint density at radius 2 is 1.90 bits per heavy atom. The topological polar surface area (TPSA) is 42.1 Å². The molecule has 1 aromatic heterocycles. The van der Waals surface area contributed by atoms with Gasteiger partial charge in [-0.25, -0.2) is 4.98 Å². The van der Waals surface area contributed by atoms with Gasteiger partial charge in [0, 0.05) is 23.8 Å². The zero-order valence-electron chi connectivity index (χ0n) is 13.3. The highest BCUT2D eigenvalue weighted by molar-refractivity contribution is 7.80. The molecule has 0 spiro atoms. The Bertz CT molecular complexity index is 453. The Kier molecular flexibility index (Phi) is 6.40. The molecule has 2 N–H and O–H groups in total. The van der Waals surface area contributed by atoms with Gasteiger partial charge in [-0.2, -0.15) is 0 Å². The molecule has 1 aromatic rings. The SMILES string of the molecule is CCC(CC)N(CC(C)C)c1cc(C(N)=S)cc(C)n1. The van der Waals surface area contributed by atoms with E-state index in [1.807, 2.05) is 19.1 Å². The van der Waals surface area contributed by atoms with Gasteiger partial charge in [0.15, 0.2) is 0 Å². The Balaban J connectivity index is 3.21. The Labute approximate surface area is 128 Å². The van der Waals surface area contributed by atoms with Gasteiger partial charge >= 0.3 is 0 Å². The highest BCUT2D eigenvalue weighted by atomic mass is 32.1. The number of pyridine rings is 1. The van der Waals surface area contributed by atoms with Crippen LogP contribution in [0.2, 0.25) is 0 Å². The Hall–Kier alpha value is -1.16. The van der Waals surface area contributed by atoms with Crippen molar-refractivity contribution in [2.24, 2.45) is 11.7 Å². The second kappa shape index (κ2) is 7.58. The number of anilines is 1. The normalized spacial score (nSPS) is 11.2. The van der Waals surface area contributed by atoms with Crippen molar-refractivity contribution in [2.45, 2.75) is 53.5 Å². The molecule has 1 rings (SSSR count). The molecule has 0 fully saturated rings. The number of hydrogen-bond acceptors (Lipinski definition) is 3. The first-order valence-electron chi connectivity index (χ1n) is 7.44. The minimum absolute atomic E-state index is 0.436. The predicted octanol–water partition coefficient (Wildman–Crippen LogP) is 3.68. The van der Waals surface area contributed by atoms with Gasteiger partial charge < -0.3 is 10.6 Å². The quantitative estimate of drug-likeness (QED) is 0.779. The maximum atomic E-state index is 5.78. The van der Waals surface area contributed by atoms with Crippen LogP contribution in [-0.2, 0) is 0 Å². The summed E-state index contributed by atoms with van der Waals surface area (Å²) < 4.78 is 0. The number of hydrogen-bond donors (Lipinski definition) is 1. The van der Waals surface area contributed by atoms with Crippen molar-refractivity contribution in [3.05, 3.63) is 23.4 Å². The maximum absolute atomic E-state index is 5.78. The van der Waals surface area contributed by atoms with Crippen molar-refractivity contribution in [3.63, 3.8) is 0 Å². The summed E-state index contributed by atoms with van der Waals surface area (Å²) in [6, 6.07) is 4.48. The lowest BCUT2D eigenvalue weighted by molar-refractivity contribution is 0.503. The Morgan fingerprint density at radius 3 is 2.35 bits per heavy atom. The Morgan fingerprint density at radius 1 is 1.30 bits per heavy atom. The molecule has 0 aliphatic rings. The zero-order chi connectivity index (χ0) is 15.3. The lowest BCUT2D eigenvalue weighted by Crippen LogP contribution is -2.38. The minimum atomic E-state index is 0.436. The smallest absolute Gasteiger partial charge is 0.129 e. The average molecular weight is 293 g/mol. The second-order valence-electron chi connectivity index (χ2n) is 5.74. The summed E-state index contributed by atoms with van der Waals surface area (Å²) in [5, 5.41) is 0. The van der Waals surface area contributed by atoms with E-state index in [0.29, 0.717) is 16.9 Å². The molecule has 4 heteroatoms. The van der Waals surface area contributed by atoms with Crippen molar-refractivity contribution in [3.8, 4) is 0 Å². The van der Waals surface area contributed by atoms with Crippen molar-refractivity contribution in [1.29, 1.82) is 0 Å². The van der Waals surface area contributed by atoms with Crippen LogP contribution in [0.5, 0.6) is 0 Å². The number of nitrogens with two attached hydrogens (primary N) is 1. The third-order valence-electron chi connectivity index (χ3n) is 3.46. The molecule has 0 aromatic carbocycles. The molecular weight excluding hydrogens is 266 g/mol. The summed E-state index contributed by atoms with van der Waals surface area (Å²) >= 11 is 5.11. The summed E-state index contributed by atoms with van der Waals surface area (Å²) in [4.78, 5) is 7.54. The van der Waals surface area contributed by atoms with Crippen LogP contribution >= 0.6 is 12.2 Å². The van der Waals surface area contributed by atoms with Crippen LogP contribution in [0.25, 0.3) is 0 Å². The molecule has 0 saturated carbocycles. The van der Waals surface area contributed by atoms with Crippen LogP contribution in [0.4, 0.5) is 5.82 Å². The number of rotatable bonds is 7. The molecule has 0 aliphatic heterocycles. The first-order chi connectivity index (χ1) is 9.38. The fraction of sp³-hybridized carbons (Fsp3) is 0.625. The molecule has 20 heavy (non-hydrogen) atoms. The molecule has 0 radical (unpaired) electrons. The van der Waals surface area contributed by atoms with Crippen molar-refractivity contribution < 1.29 is 0 Å².